The Hall–Kier alpha value is -0.310. The average molecular weight is 486 g/mol. The third-order valence-corrected chi connectivity index (χ3v) is 8.27. The number of hydrogen-bond donors (Lipinski definition) is 1. The molecule has 0 bridgehead atoms. The number of halogens is 1. The van der Waals surface area contributed by atoms with Crippen molar-refractivity contribution in [2.45, 2.75) is 88.0 Å². The van der Waals surface area contributed by atoms with Crippen LogP contribution in [0.1, 0.15) is 75.0 Å². The number of nitrogens with two attached hydrogens (primary N) is 1. The molecule has 2 N–H and O–H groups in total. The minimum absolute atomic E-state index is 0.0857. The van der Waals surface area contributed by atoms with E-state index in [1.54, 1.807) is 0 Å². The van der Waals surface area contributed by atoms with Crippen molar-refractivity contribution < 1.29 is 18.4 Å². The van der Waals surface area contributed by atoms with Crippen LogP contribution in [0.3, 0.4) is 0 Å². The van der Waals surface area contributed by atoms with Gasteiger partial charge >= 0.3 is 0 Å². The fourth-order valence-electron chi connectivity index (χ4n) is 4.58. The Bertz CT molecular complexity index is 774. The first kappa shape index (κ1) is 21.9. The minimum atomic E-state index is -1.39. The van der Waals surface area contributed by atoms with Crippen LogP contribution in [-0.2, 0) is 38.2 Å². The standard InChI is InChI=1S/C22H32BrNO4S/c1-21(2,29(24)25)12-15(4-5-20-26-8-3-9-27-20)18-11-17(23)10-16-13-22(6-7-22)28-14-19(16)18/h10-11,15,20H,3-9,12-14,24H2,1-2H3/t15-,29?/m0/s1. The van der Waals surface area contributed by atoms with Gasteiger partial charge in [0.15, 0.2) is 6.29 Å². The summed E-state index contributed by atoms with van der Waals surface area (Å²) in [4.78, 5) is 0. The summed E-state index contributed by atoms with van der Waals surface area (Å²) < 4.78 is 30.6. The van der Waals surface area contributed by atoms with Crippen molar-refractivity contribution in [2.75, 3.05) is 13.2 Å². The van der Waals surface area contributed by atoms with Crippen LogP contribution in [0, 0.1) is 0 Å². The third-order valence-electron chi connectivity index (χ3n) is 6.55. The molecule has 2 heterocycles. The molecule has 2 aliphatic heterocycles. The minimum Gasteiger partial charge on any atom is -0.370 e. The Morgan fingerprint density at radius 1 is 1.31 bits per heavy atom. The largest absolute Gasteiger partial charge is 0.370 e. The predicted octanol–water partition coefficient (Wildman–Crippen LogP) is 4.47. The van der Waals surface area contributed by atoms with Gasteiger partial charge in [-0.1, -0.05) is 15.9 Å². The Morgan fingerprint density at radius 3 is 2.69 bits per heavy atom. The fourth-order valence-corrected chi connectivity index (χ4v) is 5.47. The monoisotopic (exact) mass is 485 g/mol. The van der Waals surface area contributed by atoms with E-state index in [4.69, 9.17) is 19.3 Å². The molecule has 29 heavy (non-hydrogen) atoms. The van der Waals surface area contributed by atoms with E-state index in [2.05, 4.69) is 28.1 Å². The summed E-state index contributed by atoms with van der Waals surface area (Å²) in [5.41, 5.74) is 4.07. The Kier molecular flexibility index (Phi) is 6.55. The summed E-state index contributed by atoms with van der Waals surface area (Å²) in [6.07, 6.45) is 6.59. The zero-order valence-corrected chi connectivity index (χ0v) is 19.8. The molecule has 162 valence electrons. The van der Waals surface area contributed by atoms with Gasteiger partial charge in [0, 0.05) is 10.9 Å². The van der Waals surface area contributed by atoms with Gasteiger partial charge in [-0.25, -0.2) is 4.21 Å². The Balaban J connectivity index is 1.61. The van der Waals surface area contributed by atoms with Gasteiger partial charge in [0.05, 0.1) is 41.2 Å². The first-order valence-electron chi connectivity index (χ1n) is 10.6. The number of ether oxygens (including phenoxy) is 3. The molecule has 1 spiro atoms. The van der Waals surface area contributed by atoms with Crippen molar-refractivity contribution in [1.82, 2.24) is 0 Å². The van der Waals surface area contributed by atoms with Crippen molar-refractivity contribution in [3.05, 3.63) is 33.3 Å². The lowest BCUT2D eigenvalue weighted by atomic mass is 9.81. The number of rotatable bonds is 7. The SMILES string of the molecule is CC(C)(C[C@H](CCC1OCCCO1)c1cc(Br)cc2c1COC1(CC1)C2)S(N)=O. The first-order chi connectivity index (χ1) is 13.8. The van der Waals surface area contributed by atoms with Crippen LogP contribution < -0.4 is 5.14 Å². The summed E-state index contributed by atoms with van der Waals surface area (Å²) in [5, 5.41) is 5.84. The summed E-state index contributed by atoms with van der Waals surface area (Å²) in [5.74, 6) is 0.217. The second-order valence-corrected chi connectivity index (χ2v) is 12.0. The fraction of sp³-hybridized carbons (Fsp3) is 0.727. The number of hydrogen-bond acceptors (Lipinski definition) is 4. The van der Waals surface area contributed by atoms with Crippen LogP contribution in [0.25, 0.3) is 0 Å². The van der Waals surface area contributed by atoms with E-state index >= 15 is 0 Å². The molecule has 1 saturated carbocycles. The molecule has 2 atom stereocenters. The van der Waals surface area contributed by atoms with Crippen molar-refractivity contribution in [3.63, 3.8) is 0 Å². The molecule has 4 rings (SSSR count). The van der Waals surface area contributed by atoms with Crippen LogP contribution in [0.2, 0.25) is 0 Å². The molecule has 2 fully saturated rings. The lowest BCUT2D eigenvalue weighted by molar-refractivity contribution is -0.182. The van der Waals surface area contributed by atoms with Crippen molar-refractivity contribution in [2.24, 2.45) is 5.14 Å². The van der Waals surface area contributed by atoms with E-state index in [1.807, 2.05) is 13.8 Å². The molecular weight excluding hydrogens is 454 g/mol. The normalized spacial score (nSPS) is 23.6. The summed E-state index contributed by atoms with van der Waals surface area (Å²) >= 11 is 3.73. The highest BCUT2D eigenvalue weighted by Crippen LogP contribution is 2.49. The maximum Gasteiger partial charge on any atom is 0.157 e. The van der Waals surface area contributed by atoms with Gasteiger partial charge in [0.25, 0.3) is 0 Å². The molecule has 3 aliphatic rings. The Morgan fingerprint density at radius 2 is 2.03 bits per heavy atom. The highest BCUT2D eigenvalue weighted by molar-refractivity contribution is 9.10. The smallest absolute Gasteiger partial charge is 0.157 e. The summed E-state index contributed by atoms with van der Waals surface area (Å²) in [7, 11) is -1.39. The van der Waals surface area contributed by atoms with Gasteiger partial charge in [-0.15, -0.1) is 0 Å². The molecular formula is C22H32BrNO4S. The number of fused-ring (bicyclic) bond motifs is 1. The van der Waals surface area contributed by atoms with Crippen LogP contribution in [0.4, 0.5) is 0 Å². The van der Waals surface area contributed by atoms with E-state index < -0.39 is 15.7 Å². The van der Waals surface area contributed by atoms with Crippen molar-refractivity contribution in [1.29, 1.82) is 0 Å². The van der Waals surface area contributed by atoms with Crippen molar-refractivity contribution in [3.8, 4) is 0 Å². The van der Waals surface area contributed by atoms with Gasteiger partial charge in [-0.3, -0.25) is 5.14 Å². The molecule has 7 heteroatoms. The summed E-state index contributed by atoms with van der Waals surface area (Å²) in [6, 6.07) is 4.47. The lowest BCUT2D eigenvalue weighted by Gasteiger charge is -2.34. The van der Waals surface area contributed by atoms with Gasteiger partial charge in [-0.05, 0) is 87.1 Å². The quantitative estimate of drug-likeness (QED) is 0.618. The molecule has 1 aromatic rings. The second kappa shape index (κ2) is 8.67. The zero-order valence-electron chi connectivity index (χ0n) is 17.4. The van der Waals surface area contributed by atoms with Gasteiger partial charge < -0.3 is 14.2 Å². The molecule has 1 saturated heterocycles. The van der Waals surface area contributed by atoms with Crippen LogP contribution >= 0.6 is 15.9 Å². The topological polar surface area (TPSA) is 70.8 Å². The van der Waals surface area contributed by atoms with E-state index in [0.29, 0.717) is 6.61 Å². The lowest BCUT2D eigenvalue weighted by Crippen LogP contribution is -2.35. The number of benzene rings is 1. The second-order valence-electron chi connectivity index (χ2n) is 9.34. The molecule has 1 unspecified atom stereocenters. The zero-order chi connectivity index (χ0) is 20.6. The first-order valence-corrected chi connectivity index (χ1v) is 12.6. The van der Waals surface area contributed by atoms with Gasteiger partial charge in [0.2, 0.25) is 0 Å². The predicted molar refractivity (Wildman–Crippen MR) is 118 cm³/mol. The van der Waals surface area contributed by atoms with Crippen LogP contribution in [-0.4, -0.2) is 34.1 Å². The van der Waals surface area contributed by atoms with E-state index in [0.717, 1.165) is 62.6 Å². The highest BCUT2D eigenvalue weighted by atomic mass is 79.9. The maximum absolute atomic E-state index is 12.2. The highest BCUT2D eigenvalue weighted by Gasteiger charge is 2.47. The van der Waals surface area contributed by atoms with E-state index in [-0.39, 0.29) is 17.8 Å². The van der Waals surface area contributed by atoms with Crippen LogP contribution in [0.15, 0.2) is 16.6 Å². The van der Waals surface area contributed by atoms with Gasteiger partial charge in [-0.2, -0.15) is 0 Å². The molecule has 0 radical (unpaired) electrons. The summed E-state index contributed by atoms with van der Waals surface area (Å²) in [6.45, 7) is 6.16. The van der Waals surface area contributed by atoms with Gasteiger partial charge in [0.1, 0.15) is 0 Å². The van der Waals surface area contributed by atoms with Crippen LogP contribution in [0.5, 0.6) is 0 Å². The molecule has 1 aromatic carbocycles. The van der Waals surface area contributed by atoms with Crippen molar-refractivity contribution >= 4 is 26.9 Å². The van der Waals surface area contributed by atoms with E-state index in [9.17, 15) is 4.21 Å². The maximum atomic E-state index is 12.2. The molecule has 1 aliphatic carbocycles. The van der Waals surface area contributed by atoms with E-state index in [1.165, 1.54) is 16.7 Å². The molecule has 0 amide bonds. The Labute approximate surface area is 184 Å². The third kappa shape index (κ3) is 5.13. The molecule has 0 aromatic heterocycles. The average Bonchev–Trinajstić information content (AvgIpc) is 3.43. The molecule has 5 nitrogen and oxygen atoms in total.